The summed E-state index contributed by atoms with van der Waals surface area (Å²) < 4.78 is 5.30. The van der Waals surface area contributed by atoms with Gasteiger partial charge in [0.15, 0.2) is 0 Å². The van der Waals surface area contributed by atoms with Crippen molar-refractivity contribution in [3.63, 3.8) is 0 Å². The van der Waals surface area contributed by atoms with Crippen molar-refractivity contribution in [2.75, 3.05) is 20.2 Å². The minimum atomic E-state index is -0.656. The molecule has 2 aromatic rings. The van der Waals surface area contributed by atoms with Crippen LogP contribution in [0.25, 0.3) is 11.3 Å². The number of carbonyl (C=O) groups excluding carboxylic acids is 2. The van der Waals surface area contributed by atoms with Crippen molar-refractivity contribution in [1.29, 1.82) is 0 Å². The minimum absolute atomic E-state index is 0.152. The second kappa shape index (κ2) is 10.5. The quantitative estimate of drug-likeness (QED) is 0.652. The van der Waals surface area contributed by atoms with Crippen molar-refractivity contribution >= 4 is 23.6 Å². The Labute approximate surface area is 187 Å². The Hall–Kier alpha value is -2.71. The van der Waals surface area contributed by atoms with Gasteiger partial charge in [0.2, 0.25) is 11.2 Å². The highest BCUT2D eigenvalue weighted by Crippen LogP contribution is 2.21. The first-order valence-corrected chi connectivity index (χ1v) is 10.3. The molecule has 1 heterocycles. The highest BCUT2D eigenvalue weighted by atomic mass is 35.5. The van der Waals surface area contributed by atoms with Gasteiger partial charge in [-0.3, -0.25) is 4.79 Å². The molecule has 2 amide bonds. The van der Waals surface area contributed by atoms with Crippen LogP contribution in [0.2, 0.25) is 5.28 Å². The van der Waals surface area contributed by atoms with E-state index in [0.29, 0.717) is 5.69 Å². The topological polar surface area (TPSA) is 95.9 Å². The zero-order valence-corrected chi connectivity index (χ0v) is 19.3. The Morgan fingerprint density at radius 3 is 2.58 bits per heavy atom. The first-order chi connectivity index (χ1) is 14.5. The van der Waals surface area contributed by atoms with Crippen molar-refractivity contribution in [2.45, 2.75) is 45.9 Å². The predicted molar refractivity (Wildman–Crippen MR) is 118 cm³/mol. The van der Waals surface area contributed by atoms with Gasteiger partial charge in [0.05, 0.1) is 18.3 Å². The fourth-order valence-electron chi connectivity index (χ4n) is 2.81. The summed E-state index contributed by atoms with van der Waals surface area (Å²) in [6, 6.07) is 8.85. The number of likely N-dealkylation sites (N-methyl/N-ethyl adjacent to an activating group) is 1. The number of carbonyl (C=O) groups is 2. The summed E-state index contributed by atoms with van der Waals surface area (Å²) in [6.07, 6.45) is 0.994. The average molecular weight is 449 g/mol. The second-order valence-corrected chi connectivity index (χ2v) is 8.64. The molecule has 0 fully saturated rings. The smallest absolute Gasteiger partial charge is 0.410 e. The molecule has 0 saturated carbocycles. The van der Waals surface area contributed by atoms with E-state index in [1.165, 1.54) is 16.8 Å². The SMILES string of the molecule is CC(CO)N(Cc1cccc(-c2ccnc(Cl)n2)c1)C(=O)CN(C)C(=O)OC(C)(C)C. The van der Waals surface area contributed by atoms with E-state index in [-0.39, 0.29) is 30.9 Å². The predicted octanol–water partition coefficient (Wildman–Crippen LogP) is 3.37. The monoisotopic (exact) mass is 448 g/mol. The third kappa shape index (κ3) is 7.48. The molecule has 8 nitrogen and oxygen atoms in total. The molecule has 2 rings (SSSR count). The lowest BCUT2D eigenvalue weighted by molar-refractivity contribution is -0.135. The number of ether oxygens (including phenoxy) is 1. The van der Waals surface area contributed by atoms with Crippen molar-refractivity contribution in [1.82, 2.24) is 19.8 Å². The molecule has 0 saturated heterocycles. The van der Waals surface area contributed by atoms with Gasteiger partial charge in [-0.05, 0) is 57.0 Å². The summed E-state index contributed by atoms with van der Waals surface area (Å²) in [5.41, 5.74) is 1.69. The van der Waals surface area contributed by atoms with E-state index >= 15 is 0 Å². The highest BCUT2D eigenvalue weighted by molar-refractivity contribution is 6.28. The normalized spacial score (nSPS) is 12.2. The summed E-state index contributed by atoms with van der Waals surface area (Å²) >= 11 is 5.89. The van der Waals surface area contributed by atoms with Crippen molar-refractivity contribution in [3.05, 3.63) is 47.4 Å². The first kappa shape index (κ1) is 24.6. The second-order valence-electron chi connectivity index (χ2n) is 8.30. The Bertz CT molecular complexity index is 916. The van der Waals surface area contributed by atoms with Gasteiger partial charge in [-0.15, -0.1) is 0 Å². The van der Waals surface area contributed by atoms with Crippen LogP contribution in [0, 0.1) is 0 Å². The molecule has 0 aliphatic rings. The summed E-state index contributed by atoms with van der Waals surface area (Å²) in [5, 5.41) is 9.81. The number of hydrogen-bond donors (Lipinski definition) is 1. The van der Waals surface area contributed by atoms with Crippen LogP contribution in [-0.4, -0.2) is 68.7 Å². The summed E-state index contributed by atoms with van der Waals surface area (Å²) in [7, 11) is 1.51. The number of benzene rings is 1. The fraction of sp³-hybridized carbons (Fsp3) is 0.455. The van der Waals surface area contributed by atoms with Gasteiger partial charge in [-0.2, -0.15) is 0 Å². The van der Waals surface area contributed by atoms with Gasteiger partial charge in [0.25, 0.3) is 0 Å². The fourth-order valence-corrected chi connectivity index (χ4v) is 2.96. The lowest BCUT2D eigenvalue weighted by Gasteiger charge is -2.31. The number of nitrogens with zero attached hydrogens (tertiary/aromatic N) is 4. The van der Waals surface area contributed by atoms with Gasteiger partial charge >= 0.3 is 6.09 Å². The number of amides is 2. The molecule has 1 unspecified atom stereocenters. The molecule has 9 heteroatoms. The maximum atomic E-state index is 13.0. The summed E-state index contributed by atoms with van der Waals surface area (Å²) in [5.74, 6) is -0.301. The molecule has 0 radical (unpaired) electrons. The largest absolute Gasteiger partial charge is 0.444 e. The molecule has 0 bridgehead atoms. The molecular formula is C22H29ClN4O4. The average Bonchev–Trinajstić information content (AvgIpc) is 2.70. The van der Waals surface area contributed by atoms with E-state index in [1.54, 1.807) is 40.0 Å². The lowest BCUT2D eigenvalue weighted by Crippen LogP contribution is -2.46. The molecule has 1 aromatic carbocycles. The van der Waals surface area contributed by atoms with Crippen molar-refractivity contribution in [2.24, 2.45) is 0 Å². The zero-order valence-electron chi connectivity index (χ0n) is 18.5. The minimum Gasteiger partial charge on any atom is -0.444 e. The zero-order chi connectivity index (χ0) is 23.2. The summed E-state index contributed by atoms with van der Waals surface area (Å²) in [6.45, 7) is 6.92. The highest BCUT2D eigenvalue weighted by Gasteiger charge is 2.25. The summed E-state index contributed by atoms with van der Waals surface area (Å²) in [4.78, 5) is 36.0. The van der Waals surface area contributed by atoms with E-state index in [9.17, 15) is 14.7 Å². The van der Waals surface area contributed by atoms with E-state index in [2.05, 4.69) is 9.97 Å². The van der Waals surface area contributed by atoms with Gasteiger partial charge < -0.3 is 19.6 Å². The third-order valence-corrected chi connectivity index (χ3v) is 4.58. The van der Waals surface area contributed by atoms with Crippen molar-refractivity contribution in [3.8, 4) is 11.3 Å². The molecule has 0 aliphatic carbocycles. The van der Waals surface area contributed by atoms with Crippen LogP contribution >= 0.6 is 11.6 Å². The van der Waals surface area contributed by atoms with Crippen LogP contribution < -0.4 is 0 Å². The first-order valence-electron chi connectivity index (χ1n) is 9.92. The van der Waals surface area contributed by atoms with Crippen LogP contribution in [0.4, 0.5) is 4.79 Å². The lowest BCUT2D eigenvalue weighted by atomic mass is 10.1. The standard InChI is InChI=1S/C22H29ClN4O4/c1-15(14-28)27(19(29)13-26(5)21(30)31-22(2,3)4)12-16-7-6-8-17(11-16)18-9-10-24-20(23)25-18/h6-11,15,28H,12-14H2,1-5H3. The number of aromatic nitrogens is 2. The Morgan fingerprint density at radius 1 is 1.26 bits per heavy atom. The van der Waals surface area contributed by atoms with Crippen LogP contribution in [0.15, 0.2) is 36.5 Å². The Kier molecular flexibility index (Phi) is 8.36. The van der Waals surface area contributed by atoms with Crippen LogP contribution in [0.5, 0.6) is 0 Å². The van der Waals surface area contributed by atoms with Crippen molar-refractivity contribution < 1.29 is 19.4 Å². The van der Waals surface area contributed by atoms with Crippen LogP contribution in [0.1, 0.15) is 33.3 Å². The molecule has 31 heavy (non-hydrogen) atoms. The number of halogens is 1. The number of rotatable bonds is 7. The number of aliphatic hydroxyl groups is 1. The Morgan fingerprint density at radius 2 is 1.97 bits per heavy atom. The van der Waals surface area contributed by atoms with Gasteiger partial charge in [-0.1, -0.05) is 18.2 Å². The maximum Gasteiger partial charge on any atom is 0.410 e. The molecular weight excluding hydrogens is 420 g/mol. The van der Waals surface area contributed by atoms with E-state index in [0.717, 1.165) is 11.1 Å². The number of hydrogen-bond acceptors (Lipinski definition) is 6. The molecule has 1 N–H and O–H groups in total. The molecule has 1 aromatic heterocycles. The maximum absolute atomic E-state index is 13.0. The van der Waals surface area contributed by atoms with Gasteiger partial charge in [-0.25, -0.2) is 14.8 Å². The van der Waals surface area contributed by atoms with E-state index in [4.69, 9.17) is 16.3 Å². The van der Waals surface area contributed by atoms with Crippen LogP contribution in [-0.2, 0) is 16.1 Å². The molecule has 168 valence electrons. The third-order valence-electron chi connectivity index (χ3n) is 4.40. The number of aliphatic hydroxyl groups excluding tert-OH is 1. The van der Waals surface area contributed by atoms with Crippen LogP contribution in [0.3, 0.4) is 0 Å². The molecule has 1 atom stereocenters. The van der Waals surface area contributed by atoms with E-state index < -0.39 is 17.7 Å². The molecule has 0 aliphatic heterocycles. The Balaban J connectivity index is 2.17. The van der Waals surface area contributed by atoms with Gasteiger partial charge in [0, 0.05) is 25.4 Å². The van der Waals surface area contributed by atoms with E-state index in [1.807, 2.05) is 24.3 Å². The molecule has 0 spiro atoms. The van der Waals surface area contributed by atoms with Gasteiger partial charge in [0.1, 0.15) is 12.1 Å².